The minimum Gasteiger partial charge on any atom is -0.322 e. The van der Waals surface area contributed by atoms with Crippen LogP contribution in [0.4, 0.5) is 5.69 Å². The van der Waals surface area contributed by atoms with Gasteiger partial charge in [-0.3, -0.25) is 9.59 Å². The van der Waals surface area contributed by atoms with E-state index in [1.54, 1.807) is 29.7 Å². The van der Waals surface area contributed by atoms with Crippen LogP contribution in [0.3, 0.4) is 0 Å². The van der Waals surface area contributed by atoms with Crippen molar-refractivity contribution in [3.05, 3.63) is 103 Å². The van der Waals surface area contributed by atoms with Crippen LogP contribution in [0.2, 0.25) is 0 Å². The Hall–Kier alpha value is -3.49. The van der Waals surface area contributed by atoms with Crippen molar-refractivity contribution in [3.63, 3.8) is 0 Å². The zero-order chi connectivity index (χ0) is 26.8. The lowest BCUT2D eigenvalue weighted by Gasteiger charge is -2.14. The van der Waals surface area contributed by atoms with Crippen molar-refractivity contribution < 1.29 is 9.59 Å². The summed E-state index contributed by atoms with van der Waals surface area (Å²) in [4.78, 5) is 27.4. The average Bonchev–Trinajstić information content (AvgIpc) is 3.41. The summed E-state index contributed by atoms with van der Waals surface area (Å²) in [5.74, 6) is -0.357. The third-order valence-electron chi connectivity index (χ3n) is 6.82. The van der Waals surface area contributed by atoms with Crippen LogP contribution in [0.25, 0.3) is 5.00 Å². The number of hydrogen-bond donors (Lipinski definition) is 2. The van der Waals surface area contributed by atoms with Gasteiger partial charge in [-0.1, -0.05) is 39.7 Å². The van der Waals surface area contributed by atoms with Crippen molar-refractivity contribution in [2.24, 2.45) is 5.10 Å². The van der Waals surface area contributed by atoms with Gasteiger partial charge in [0.05, 0.1) is 11.8 Å². The summed E-state index contributed by atoms with van der Waals surface area (Å²) in [5, 5.41) is 8.27. The Morgan fingerprint density at radius 2 is 1.76 bits per heavy atom. The molecule has 0 atom stereocenters. The van der Waals surface area contributed by atoms with E-state index in [9.17, 15) is 9.59 Å². The molecule has 194 valence electrons. The minimum atomic E-state index is -0.280. The normalized spacial score (nSPS) is 12.9. The van der Waals surface area contributed by atoms with E-state index in [4.69, 9.17) is 0 Å². The molecule has 1 aliphatic carbocycles. The van der Waals surface area contributed by atoms with Crippen LogP contribution in [0.15, 0.2) is 64.2 Å². The van der Waals surface area contributed by atoms with Gasteiger partial charge >= 0.3 is 0 Å². The second kappa shape index (κ2) is 11.1. The smallest absolute Gasteiger partial charge is 0.271 e. The third-order valence-corrected chi connectivity index (χ3v) is 8.59. The Morgan fingerprint density at radius 3 is 2.53 bits per heavy atom. The molecule has 0 bridgehead atoms. The molecular formula is C30H29BrN4O2S. The van der Waals surface area contributed by atoms with Crippen molar-refractivity contribution in [2.75, 3.05) is 5.32 Å². The predicted octanol–water partition coefficient (Wildman–Crippen LogP) is 7.12. The van der Waals surface area contributed by atoms with Crippen LogP contribution < -0.4 is 10.7 Å². The molecule has 5 rings (SSSR count). The Balaban J connectivity index is 1.45. The molecule has 6 nitrogen and oxygen atoms in total. The number of carbonyl (C=O) groups excluding carboxylic acids is 2. The van der Waals surface area contributed by atoms with E-state index in [-0.39, 0.29) is 11.8 Å². The standard InChI is InChI=1S/C30H29BrN4O2S/c1-18-11-13-24(14-12-18)33-29(37)27-25-9-4-5-10-26(25)38-30(27)35-19(2)15-22(20(35)3)17-32-34-28(36)21-7-6-8-23(31)16-21/h6-8,11-17H,4-5,9-10H2,1-3H3,(H,33,37)(H,34,36)/b32-17-. The lowest BCUT2D eigenvalue weighted by atomic mass is 9.95. The third kappa shape index (κ3) is 5.37. The molecule has 38 heavy (non-hydrogen) atoms. The van der Waals surface area contributed by atoms with Gasteiger partial charge < -0.3 is 9.88 Å². The fraction of sp³-hybridized carbons (Fsp3) is 0.233. The fourth-order valence-corrected chi connectivity index (χ4v) is 6.76. The maximum Gasteiger partial charge on any atom is 0.271 e. The van der Waals surface area contributed by atoms with Gasteiger partial charge in [-0.2, -0.15) is 5.10 Å². The van der Waals surface area contributed by atoms with E-state index >= 15 is 0 Å². The summed E-state index contributed by atoms with van der Waals surface area (Å²) >= 11 is 5.10. The van der Waals surface area contributed by atoms with Gasteiger partial charge in [0, 0.05) is 37.6 Å². The van der Waals surface area contributed by atoms with Gasteiger partial charge in [-0.15, -0.1) is 11.3 Å². The monoisotopic (exact) mass is 588 g/mol. The van der Waals surface area contributed by atoms with E-state index in [2.05, 4.69) is 36.3 Å². The number of amides is 2. The number of aryl methyl sites for hydroxylation is 3. The predicted molar refractivity (Wildman–Crippen MR) is 158 cm³/mol. The van der Waals surface area contributed by atoms with Crippen LogP contribution in [0.1, 0.15) is 66.5 Å². The molecule has 0 fully saturated rings. The first-order chi connectivity index (χ1) is 18.3. The molecule has 2 heterocycles. The van der Waals surface area contributed by atoms with Crippen molar-refractivity contribution >= 4 is 51.0 Å². The van der Waals surface area contributed by atoms with Gasteiger partial charge in [-0.05, 0) is 88.4 Å². The second-order valence-electron chi connectivity index (χ2n) is 9.58. The molecular weight excluding hydrogens is 560 g/mol. The maximum absolute atomic E-state index is 13.7. The molecule has 1 aliphatic rings. The molecule has 2 aromatic heterocycles. The van der Waals surface area contributed by atoms with Crippen LogP contribution in [-0.2, 0) is 12.8 Å². The highest BCUT2D eigenvalue weighted by atomic mass is 79.9. The van der Waals surface area contributed by atoms with E-state index in [0.717, 1.165) is 68.9 Å². The van der Waals surface area contributed by atoms with Gasteiger partial charge in [0.1, 0.15) is 5.00 Å². The van der Waals surface area contributed by atoms with Crippen LogP contribution in [0, 0.1) is 20.8 Å². The number of benzene rings is 2. The number of halogens is 1. The molecule has 0 unspecified atom stereocenters. The van der Waals surface area contributed by atoms with Gasteiger partial charge in [-0.25, -0.2) is 5.43 Å². The molecule has 0 saturated heterocycles. The number of hydrazone groups is 1. The number of fused-ring (bicyclic) bond motifs is 1. The van der Waals surface area contributed by atoms with Gasteiger partial charge in [0.2, 0.25) is 0 Å². The molecule has 0 aliphatic heterocycles. The minimum absolute atomic E-state index is 0.0766. The number of aromatic nitrogens is 1. The van der Waals surface area contributed by atoms with Gasteiger partial charge in [0.25, 0.3) is 11.8 Å². The van der Waals surface area contributed by atoms with Gasteiger partial charge in [0.15, 0.2) is 0 Å². The number of hydrogen-bond acceptors (Lipinski definition) is 4. The highest BCUT2D eigenvalue weighted by molar-refractivity contribution is 9.10. The highest BCUT2D eigenvalue weighted by Gasteiger charge is 2.28. The van der Waals surface area contributed by atoms with Crippen molar-refractivity contribution in [3.8, 4) is 5.00 Å². The Bertz CT molecular complexity index is 1550. The molecule has 4 aromatic rings. The lowest BCUT2D eigenvalue weighted by Crippen LogP contribution is -2.17. The number of rotatable bonds is 6. The zero-order valence-corrected chi connectivity index (χ0v) is 24.0. The molecule has 2 amide bonds. The van der Waals surface area contributed by atoms with E-state index in [0.29, 0.717) is 5.56 Å². The van der Waals surface area contributed by atoms with E-state index in [1.165, 1.54) is 10.4 Å². The fourth-order valence-electron chi connectivity index (χ4n) is 4.86. The molecule has 8 heteroatoms. The lowest BCUT2D eigenvalue weighted by molar-refractivity contribution is 0.0954. The summed E-state index contributed by atoms with van der Waals surface area (Å²) < 4.78 is 2.98. The molecule has 0 spiro atoms. The molecule has 2 N–H and O–H groups in total. The zero-order valence-electron chi connectivity index (χ0n) is 21.6. The quantitative estimate of drug-likeness (QED) is 0.186. The first-order valence-electron chi connectivity index (χ1n) is 12.6. The summed E-state index contributed by atoms with van der Waals surface area (Å²) in [6, 6.07) is 17.1. The molecule has 0 saturated carbocycles. The van der Waals surface area contributed by atoms with Crippen molar-refractivity contribution in [1.82, 2.24) is 9.99 Å². The summed E-state index contributed by atoms with van der Waals surface area (Å²) in [6.07, 6.45) is 5.81. The summed E-state index contributed by atoms with van der Waals surface area (Å²) in [6.45, 7) is 6.08. The average molecular weight is 590 g/mol. The first kappa shape index (κ1) is 26.1. The SMILES string of the molecule is Cc1ccc(NC(=O)c2c(-n3c(C)cc(/C=N\NC(=O)c4cccc(Br)c4)c3C)sc3c2CCCC3)cc1. The van der Waals surface area contributed by atoms with Crippen LogP contribution >= 0.6 is 27.3 Å². The Kier molecular flexibility index (Phi) is 7.63. The van der Waals surface area contributed by atoms with Crippen LogP contribution in [0.5, 0.6) is 0 Å². The summed E-state index contributed by atoms with van der Waals surface area (Å²) in [5.41, 5.74) is 9.86. The second-order valence-corrected chi connectivity index (χ2v) is 11.6. The Labute approximate surface area is 234 Å². The summed E-state index contributed by atoms with van der Waals surface area (Å²) in [7, 11) is 0. The van der Waals surface area contributed by atoms with E-state index < -0.39 is 0 Å². The van der Waals surface area contributed by atoms with Crippen LogP contribution in [-0.4, -0.2) is 22.6 Å². The number of thiophene rings is 1. The molecule has 2 aromatic carbocycles. The number of anilines is 1. The van der Waals surface area contributed by atoms with Crippen molar-refractivity contribution in [1.29, 1.82) is 0 Å². The topological polar surface area (TPSA) is 75.5 Å². The number of nitrogens with one attached hydrogen (secondary N) is 2. The Morgan fingerprint density at radius 1 is 1.00 bits per heavy atom. The highest BCUT2D eigenvalue weighted by Crippen LogP contribution is 2.39. The first-order valence-corrected chi connectivity index (χ1v) is 14.2. The number of carbonyl (C=O) groups is 2. The maximum atomic E-state index is 13.7. The van der Waals surface area contributed by atoms with Crippen molar-refractivity contribution in [2.45, 2.75) is 46.5 Å². The number of nitrogens with zero attached hydrogens (tertiary/aromatic N) is 2. The van der Waals surface area contributed by atoms with E-state index in [1.807, 2.05) is 63.2 Å². The largest absolute Gasteiger partial charge is 0.322 e. The molecule has 0 radical (unpaired) electrons.